The van der Waals surface area contributed by atoms with Crippen LogP contribution in [0.25, 0.3) is 0 Å². The fourth-order valence-corrected chi connectivity index (χ4v) is 7.86. The van der Waals surface area contributed by atoms with Gasteiger partial charge in [0.15, 0.2) is 0 Å². The number of halogens is 1. The third kappa shape index (κ3) is 6.75. The van der Waals surface area contributed by atoms with E-state index < -0.39 is 26.9 Å². The van der Waals surface area contributed by atoms with Crippen LogP contribution in [0.15, 0.2) is 65.6 Å². The monoisotopic (exact) mass is 680 g/mol. The average Bonchev–Trinajstić information content (AvgIpc) is 3.24. The number of hydrogen-bond donors (Lipinski definition) is 2. The molecule has 0 aliphatic carbocycles. The van der Waals surface area contributed by atoms with Gasteiger partial charge in [0.25, 0.3) is 27.7 Å². The van der Waals surface area contributed by atoms with Crippen LogP contribution in [0, 0.1) is 0 Å². The van der Waals surface area contributed by atoms with Gasteiger partial charge in [0, 0.05) is 33.3 Å². The van der Waals surface area contributed by atoms with Gasteiger partial charge in [-0.2, -0.15) is 0 Å². The van der Waals surface area contributed by atoms with Crippen LogP contribution >= 0.6 is 11.6 Å². The topological polar surface area (TPSA) is 125 Å². The van der Waals surface area contributed by atoms with Gasteiger partial charge in [0.05, 0.1) is 17.2 Å². The molecule has 0 bridgehead atoms. The summed E-state index contributed by atoms with van der Waals surface area (Å²) >= 11 is 6.76. The second-order valence-electron chi connectivity index (χ2n) is 13.3. The Balaban J connectivity index is 1.55. The number of sulfonamides is 1. The number of hydrogen-bond acceptors (Lipinski definition) is 7. The predicted molar refractivity (Wildman–Crippen MR) is 182 cm³/mol. The quantitative estimate of drug-likeness (QED) is 0.338. The van der Waals surface area contributed by atoms with Crippen LogP contribution < -0.4 is 19.7 Å². The third-order valence-electron chi connectivity index (χ3n) is 8.61. The van der Waals surface area contributed by atoms with Gasteiger partial charge in [0.1, 0.15) is 11.2 Å². The van der Waals surface area contributed by atoms with Crippen molar-refractivity contribution in [2.75, 3.05) is 31.0 Å². The third-order valence-corrected chi connectivity index (χ3v) is 10.7. The number of fused-ring (bicyclic) bond motifs is 1. The second-order valence-corrected chi connectivity index (χ2v) is 15.5. The standard InChI is InChI=1S/C35H41ClN4O6S/c1-7-46-25-11-15-30-28(21-25)35(5,27-20-23(10-14-29(27)36)31(41)37-24-16-18-39(6)19-17-24)33(43)40(30)47(44,45)26-12-8-22(9-13-26)32(42)38-34(2,3)4/h8-15,20-21,24H,7,16-19H2,1-6H3,(H,37,41)(H,38,42). The van der Waals surface area contributed by atoms with Crippen molar-refractivity contribution >= 4 is 45.0 Å². The first-order valence-electron chi connectivity index (χ1n) is 15.7. The normalized spacial score (nSPS) is 19.0. The van der Waals surface area contributed by atoms with Crippen molar-refractivity contribution in [2.24, 2.45) is 0 Å². The SMILES string of the molecule is CCOc1ccc2c(c1)C(C)(c1cc(C(=O)NC3CCN(C)CC3)ccc1Cl)C(=O)N2S(=O)(=O)c1ccc(C(=O)NC(C)(C)C)cc1. The Morgan fingerprint density at radius 1 is 0.957 bits per heavy atom. The zero-order valence-electron chi connectivity index (χ0n) is 27.5. The summed E-state index contributed by atoms with van der Waals surface area (Å²) in [5, 5.41) is 6.15. The van der Waals surface area contributed by atoms with Crippen molar-refractivity contribution < 1.29 is 27.5 Å². The largest absolute Gasteiger partial charge is 0.494 e. The molecule has 3 aromatic rings. The summed E-state index contributed by atoms with van der Waals surface area (Å²) in [5.74, 6) is -0.958. The molecule has 1 fully saturated rings. The molecule has 0 radical (unpaired) electrons. The van der Waals surface area contributed by atoms with E-state index in [1.54, 1.807) is 37.3 Å². The molecule has 10 nitrogen and oxygen atoms in total. The highest BCUT2D eigenvalue weighted by Crippen LogP contribution is 2.51. The van der Waals surface area contributed by atoms with Gasteiger partial charge in [-0.05, 0) is 134 Å². The van der Waals surface area contributed by atoms with Crippen molar-refractivity contribution in [1.29, 1.82) is 0 Å². The highest BCUT2D eigenvalue weighted by Gasteiger charge is 2.54. The lowest BCUT2D eigenvalue weighted by Crippen LogP contribution is -2.44. The molecule has 0 spiro atoms. The number of anilines is 1. The maximum Gasteiger partial charge on any atom is 0.270 e. The molecule has 1 unspecified atom stereocenters. The number of rotatable bonds is 8. The van der Waals surface area contributed by atoms with Gasteiger partial charge in [0.2, 0.25) is 0 Å². The number of carbonyl (C=O) groups is 3. The highest BCUT2D eigenvalue weighted by atomic mass is 35.5. The van der Waals surface area contributed by atoms with Crippen molar-refractivity contribution in [1.82, 2.24) is 15.5 Å². The molecule has 5 rings (SSSR count). The van der Waals surface area contributed by atoms with E-state index in [0.29, 0.717) is 29.0 Å². The van der Waals surface area contributed by atoms with Crippen LogP contribution in [-0.4, -0.2) is 69.4 Å². The first kappa shape index (κ1) is 34.4. The summed E-state index contributed by atoms with van der Waals surface area (Å²) in [7, 11) is -2.42. The number of nitrogens with zero attached hydrogens (tertiary/aromatic N) is 2. The lowest BCUT2D eigenvalue weighted by atomic mass is 9.76. The molecular formula is C35H41ClN4O6S. The highest BCUT2D eigenvalue weighted by molar-refractivity contribution is 7.93. The zero-order valence-corrected chi connectivity index (χ0v) is 29.1. The Bertz CT molecular complexity index is 1810. The summed E-state index contributed by atoms with van der Waals surface area (Å²) in [6.07, 6.45) is 1.64. The number of piperidine rings is 1. The number of ether oxygens (including phenoxy) is 1. The molecule has 3 amide bonds. The molecule has 2 N–H and O–H groups in total. The first-order valence-corrected chi connectivity index (χ1v) is 17.5. The lowest BCUT2D eigenvalue weighted by Gasteiger charge is -2.30. The first-order chi connectivity index (χ1) is 22.1. The van der Waals surface area contributed by atoms with Crippen LogP contribution in [0.5, 0.6) is 5.75 Å². The van der Waals surface area contributed by atoms with Crippen LogP contribution in [0.2, 0.25) is 5.02 Å². The summed E-state index contributed by atoms with van der Waals surface area (Å²) in [4.78, 5) is 42.7. The van der Waals surface area contributed by atoms with E-state index in [1.807, 2.05) is 34.7 Å². The van der Waals surface area contributed by atoms with Gasteiger partial charge < -0.3 is 20.3 Å². The number of nitrogens with one attached hydrogen (secondary N) is 2. The van der Waals surface area contributed by atoms with Gasteiger partial charge in [-0.1, -0.05) is 11.6 Å². The Morgan fingerprint density at radius 3 is 2.21 bits per heavy atom. The molecule has 2 aliphatic rings. The van der Waals surface area contributed by atoms with Crippen LogP contribution in [0.3, 0.4) is 0 Å². The molecule has 2 aliphatic heterocycles. The van der Waals surface area contributed by atoms with E-state index in [2.05, 4.69) is 15.5 Å². The Labute approximate surface area is 281 Å². The average molecular weight is 681 g/mol. The molecule has 47 heavy (non-hydrogen) atoms. The minimum Gasteiger partial charge on any atom is -0.494 e. The van der Waals surface area contributed by atoms with E-state index in [1.165, 1.54) is 30.3 Å². The number of likely N-dealkylation sites (tertiary alicyclic amines) is 1. The molecule has 250 valence electrons. The molecule has 1 saturated heterocycles. The Morgan fingerprint density at radius 2 is 1.60 bits per heavy atom. The summed E-state index contributed by atoms with van der Waals surface area (Å²) in [5.41, 5.74) is -0.679. The number of benzene rings is 3. The van der Waals surface area contributed by atoms with Crippen LogP contribution in [0.4, 0.5) is 5.69 Å². The van der Waals surface area contributed by atoms with Gasteiger partial charge in [-0.25, -0.2) is 12.7 Å². The van der Waals surface area contributed by atoms with E-state index >= 15 is 0 Å². The van der Waals surface area contributed by atoms with Gasteiger partial charge in [-0.3, -0.25) is 14.4 Å². The van der Waals surface area contributed by atoms with Crippen LogP contribution in [-0.2, 0) is 20.2 Å². The van der Waals surface area contributed by atoms with Gasteiger partial charge in [-0.15, -0.1) is 0 Å². The van der Waals surface area contributed by atoms with E-state index in [0.717, 1.165) is 30.2 Å². The number of carbonyl (C=O) groups excluding carboxylic acids is 3. The van der Waals surface area contributed by atoms with Crippen molar-refractivity contribution in [3.05, 3.63) is 87.9 Å². The Hall–Kier alpha value is -3.93. The maximum atomic E-state index is 14.6. The van der Waals surface area contributed by atoms with Crippen molar-refractivity contribution in [2.45, 2.75) is 69.4 Å². The predicted octanol–water partition coefficient (Wildman–Crippen LogP) is 5.13. The summed E-state index contributed by atoms with van der Waals surface area (Å²) in [6.45, 7) is 11.1. The molecule has 0 aromatic heterocycles. The maximum absolute atomic E-state index is 14.6. The fourth-order valence-electron chi connectivity index (χ4n) is 6.04. The smallest absolute Gasteiger partial charge is 0.270 e. The fraction of sp³-hybridized carbons (Fsp3) is 0.400. The van der Waals surface area contributed by atoms with Gasteiger partial charge >= 0.3 is 0 Å². The molecule has 12 heteroatoms. The molecular weight excluding hydrogens is 640 g/mol. The lowest BCUT2D eigenvalue weighted by molar-refractivity contribution is -0.120. The molecule has 0 saturated carbocycles. The van der Waals surface area contributed by atoms with Crippen LogP contribution in [0.1, 0.15) is 79.3 Å². The second kappa shape index (κ2) is 12.9. The number of amides is 3. The zero-order chi connectivity index (χ0) is 34.3. The summed E-state index contributed by atoms with van der Waals surface area (Å²) in [6, 6.07) is 15.0. The molecule has 2 heterocycles. The van der Waals surface area contributed by atoms with E-state index in [4.69, 9.17) is 16.3 Å². The molecule has 3 aromatic carbocycles. The van der Waals surface area contributed by atoms with Crippen molar-refractivity contribution in [3.8, 4) is 5.75 Å². The van der Waals surface area contributed by atoms with Crippen molar-refractivity contribution in [3.63, 3.8) is 0 Å². The minimum atomic E-state index is -4.46. The molecule has 1 atom stereocenters. The van der Waals surface area contributed by atoms with E-state index in [9.17, 15) is 22.8 Å². The Kier molecular flexibility index (Phi) is 9.47. The van der Waals surface area contributed by atoms with E-state index in [-0.39, 0.29) is 39.0 Å². The summed E-state index contributed by atoms with van der Waals surface area (Å²) < 4.78 is 35.0. The minimum absolute atomic E-state index is 0.0163.